The molecule has 4 aromatic rings. The topological polar surface area (TPSA) is 102 Å². The summed E-state index contributed by atoms with van der Waals surface area (Å²) in [5, 5.41) is 3.24. The molecule has 1 amide bonds. The number of likely N-dealkylation sites (tertiary alicyclic amines) is 1. The van der Waals surface area contributed by atoms with E-state index in [2.05, 4.69) is 27.2 Å². The lowest BCUT2D eigenvalue weighted by molar-refractivity contribution is -0.132. The third-order valence-electron chi connectivity index (χ3n) is 6.39. The van der Waals surface area contributed by atoms with Crippen LogP contribution in [0, 0.1) is 5.82 Å². The molecule has 3 aromatic heterocycles. The predicted octanol–water partition coefficient (Wildman–Crippen LogP) is 4.33. The molecular weight excluding hydrogens is 459 g/mol. The van der Waals surface area contributed by atoms with Gasteiger partial charge in [-0.05, 0) is 38.0 Å². The normalized spacial score (nSPS) is 17.7. The molecule has 5 rings (SSSR count). The van der Waals surface area contributed by atoms with E-state index >= 15 is 0 Å². The van der Waals surface area contributed by atoms with E-state index in [1.54, 1.807) is 37.9 Å². The van der Waals surface area contributed by atoms with E-state index in [0.717, 1.165) is 12.8 Å². The number of aryl methyl sites for hydroxylation is 1. The molecule has 1 aliphatic heterocycles. The van der Waals surface area contributed by atoms with Crippen molar-refractivity contribution >= 4 is 17.4 Å². The number of hydrogen-bond acceptors (Lipinski definition) is 7. The highest BCUT2D eigenvalue weighted by Gasteiger charge is 2.30. The maximum atomic E-state index is 14.5. The molecule has 1 fully saturated rings. The molecule has 1 aliphatic rings. The Morgan fingerprint density at radius 1 is 1.06 bits per heavy atom. The minimum atomic E-state index is -0.387. The van der Waals surface area contributed by atoms with Gasteiger partial charge in [0.15, 0.2) is 0 Å². The molecule has 0 unspecified atom stereocenters. The number of halogens is 1. The summed E-state index contributed by atoms with van der Waals surface area (Å²) in [6, 6.07) is 6.64. The number of benzene rings is 1. The number of aromatic nitrogens is 6. The molecule has 36 heavy (non-hydrogen) atoms. The molecule has 4 heterocycles. The fourth-order valence-electron chi connectivity index (χ4n) is 4.55. The van der Waals surface area contributed by atoms with Gasteiger partial charge in [0, 0.05) is 68.4 Å². The molecular formula is C26H27FN8O. The first kappa shape index (κ1) is 23.5. The van der Waals surface area contributed by atoms with E-state index in [-0.39, 0.29) is 23.7 Å². The number of nitrogens with one attached hydrogen (secondary N) is 1. The van der Waals surface area contributed by atoms with Crippen LogP contribution in [-0.2, 0) is 11.8 Å². The van der Waals surface area contributed by atoms with Crippen molar-refractivity contribution in [2.45, 2.75) is 38.6 Å². The smallest absolute Gasteiger partial charge is 0.219 e. The SMILES string of the molecule is CC(=O)N1C[C@H](c2nc(Nc3cc(F)cc(-c4cn(C)cn4)c3)cc(-c3cnccn3)n2)CC[C@@H]1C. The zero-order valence-corrected chi connectivity index (χ0v) is 20.4. The fourth-order valence-corrected chi connectivity index (χ4v) is 4.55. The van der Waals surface area contributed by atoms with Crippen LogP contribution in [0.15, 0.2) is 55.4 Å². The standard InChI is InChI=1S/C26H27FN8O/c1-16-4-5-18(13-35(16)17(2)36)26-32-22(23-12-28-6-7-29-23)11-25(33-26)31-21-9-19(8-20(27)10-21)24-14-34(3)15-30-24/h6-12,14-16,18H,4-5,13H2,1-3H3,(H,31,32,33)/t16-,18+/m0/s1. The molecule has 184 valence electrons. The van der Waals surface area contributed by atoms with Gasteiger partial charge in [-0.1, -0.05) is 0 Å². The van der Waals surface area contributed by atoms with Gasteiger partial charge in [-0.15, -0.1) is 0 Å². The van der Waals surface area contributed by atoms with E-state index in [1.165, 1.54) is 12.1 Å². The maximum Gasteiger partial charge on any atom is 0.219 e. The van der Waals surface area contributed by atoms with Crippen molar-refractivity contribution in [3.8, 4) is 22.6 Å². The number of amides is 1. The third kappa shape index (κ3) is 5.07. The molecule has 0 radical (unpaired) electrons. The van der Waals surface area contributed by atoms with Crippen molar-refractivity contribution in [1.82, 2.24) is 34.4 Å². The highest BCUT2D eigenvalue weighted by molar-refractivity contribution is 5.74. The predicted molar refractivity (Wildman–Crippen MR) is 134 cm³/mol. The van der Waals surface area contributed by atoms with Crippen molar-refractivity contribution in [1.29, 1.82) is 0 Å². The van der Waals surface area contributed by atoms with Crippen molar-refractivity contribution in [2.24, 2.45) is 7.05 Å². The molecule has 0 bridgehead atoms. The zero-order chi connectivity index (χ0) is 25.2. The summed E-state index contributed by atoms with van der Waals surface area (Å²) in [6.45, 7) is 4.19. The van der Waals surface area contributed by atoms with Crippen molar-refractivity contribution in [3.63, 3.8) is 0 Å². The Balaban J connectivity index is 1.52. The van der Waals surface area contributed by atoms with E-state index in [4.69, 9.17) is 9.97 Å². The van der Waals surface area contributed by atoms with Crippen LogP contribution in [0.4, 0.5) is 15.9 Å². The summed E-state index contributed by atoms with van der Waals surface area (Å²) in [6.07, 6.45) is 10.1. The summed E-state index contributed by atoms with van der Waals surface area (Å²) in [5.74, 6) is 0.741. The Labute approximate surface area is 208 Å². The van der Waals surface area contributed by atoms with Crippen LogP contribution in [0.25, 0.3) is 22.6 Å². The van der Waals surface area contributed by atoms with Gasteiger partial charge in [-0.25, -0.2) is 19.3 Å². The first-order chi connectivity index (χ1) is 17.4. The van der Waals surface area contributed by atoms with Crippen molar-refractivity contribution < 1.29 is 9.18 Å². The average molecular weight is 487 g/mol. The largest absolute Gasteiger partial charge is 0.340 e. The number of nitrogens with zero attached hydrogens (tertiary/aromatic N) is 7. The fraction of sp³-hybridized carbons (Fsp3) is 0.308. The molecule has 1 N–H and O–H groups in total. The second-order valence-electron chi connectivity index (χ2n) is 9.16. The molecule has 0 aliphatic carbocycles. The maximum absolute atomic E-state index is 14.5. The Hall–Kier alpha value is -4.21. The molecule has 1 aromatic carbocycles. The van der Waals surface area contributed by atoms with E-state index in [9.17, 15) is 9.18 Å². The first-order valence-electron chi connectivity index (χ1n) is 11.8. The molecule has 1 saturated heterocycles. The van der Waals surface area contributed by atoms with Gasteiger partial charge in [0.1, 0.15) is 23.2 Å². The van der Waals surface area contributed by atoms with Gasteiger partial charge in [0.05, 0.1) is 23.9 Å². The Bertz CT molecular complexity index is 1390. The van der Waals surface area contributed by atoms with Gasteiger partial charge in [-0.3, -0.25) is 14.8 Å². The Morgan fingerprint density at radius 3 is 2.64 bits per heavy atom. The van der Waals surface area contributed by atoms with Crippen LogP contribution in [0.5, 0.6) is 0 Å². The van der Waals surface area contributed by atoms with Gasteiger partial charge >= 0.3 is 0 Å². The summed E-state index contributed by atoms with van der Waals surface area (Å²) in [7, 11) is 1.87. The zero-order valence-electron chi connectivity index (χ0n) is 20.4. The van der Waals surface area contributed by atoms with Gasteiger partial charge in [-0.2, -0.15) is 0 Å². The van der Waals surface area contributed by atoms with E-state index < -0.39 is 0 Å². The number of rotatable bonds is 5. The van der Waals surface area contributed by atoms with Crippen molar-refractivity contribution in [3.05, 3.63) is 67.0 Å². The number of anilines is 2. The quantitative estimate of drug-likeness (QED) is 0.448. The van der Waals surface area contributed by atoms with Gasteiger partial charge < -0.3 is 14.8 Å². The lowest BCUT2D eigenvalue weighted by Gasteiger charge is -2.37. The summed E-state index contributed by atoms with van der Waals surface area (Å²) in [5.41, 5.74) is 3.06. The minimum absolute atomic E-state index is 0.0288. The van der Waals surface area contributed by atoms with Crippen LogP contribution in [0.3, 0.4) is 0 Å². The van der Waals surface area contributed by atoms with Crippen molar-refractivity contribution in [2.75, 3.05) is 11.9 Å². The Kier molecular flexibility index (Phi) is 6.41. The van der Waals surface area contributed by atoms with Crippen LogP contribution < -0.4 is 5.32 Å². The molecule has 10 heteroatoms. The second kappa shape index (κ2) is 9.80. The lowest BCUT2D eigenvalue weighted by Crippen LogP contribution is -2.44. The minimum Gasteiger partial charge on any atom is -0.340 e. The number of imidazole rings is 1. The number of carbonyl (C=O) groups is 1. The Morgan fingerprint density at radius 2 is 1.92 bits per heavy atom. The molecule has 0 saturated carbocycles. The average Bonchev–Trinajstić information content (AvgIpc) is 3.30. The summed E-state index contributed by atoms with van der Waals surface area (Å²) < 4.78 is 16.3. The highest BCUT2D eigenvalue weighted by atomic mass is 19.1. The van der Waals surface area contributed by atoms with Crippen LogP contribution in [0.1, 0.15) is 38.4 Å². The molecule has 0 spiro atoms. The number of hydrogen-bond donors (Lipinski definition) is 1. The molecule has 2 atom stereocenters. The van der Waals surface area contributed by atoms with E-state index in [0.29, 0.717) is 46.5 Å². The number of carbonyl (C=O) groups excluding carboxylic acids is 1. The summed E-state index contributed by atoms with van der Waals surface area (Å²) in [4.78, 5) is 36.5. The number of piperidine rings is 1. The second-order valence-corrected chi connectivity index (χ2v) is 9.16. The monoisotopic (exact) mass is 486 g/mol. The van der Waals surface area contributed by atoms with Crippen LogP contribution in [0.2, 0.25) is 0 Å². The lowest BCUT2D eigenvalue weighted by atomic mass is 9.92. The summed E-state index contributed by atoms with van der Waals surface area (Å²) >= 11 is 0. The van der Waals surface area contributed by atoms with Gasteiger partial charge in [0.2, 0.25) is 5.91 Å². The van der Waals surface area contributed by atoms with Crippen LogP contribution >= 0.6 is 0 Å². The third-order valence-corrected chi connectivity index (χ3v) is 6.39. The highest BCUT2D eigenvalue weighted by Crippen LogP contribution is 2.31. The van der Waals surface area contributed by atoms with Crippen LogP contribution in [-0.4, -0.2) is 52.9 Å². The van der Waals surface area contributed by atoms with E-state index in [1.807, 2.05) is 28.8 Å². The van der Waals surface area contributed by atoms with Gasteiger partial charge in [0.25, 0.3) is 0 Å². The first-order valence-corrected chi connectivity index (χ1v) is 11.8. The molecule has 9 nitrogen and oxygen atoms in total.